The fraction of sp³-hybridized carbons (Fsp3) is 0.444. The summed E-state index contributed by atoms with van der Waals surface area (Å²) in [5.74, 6) is 2.17. The van der Waals surface area contributed by atoms with E-state index < -0.39 is 0 Å². The van der Waals surface area contributed by atoms with Gasteiger partial charge in [-0.25, -0.2) is 0 Å². The standard InChI is InChI=1S/C32H31N2O.C13H24O2.Ir/c1-19(2)16-21-12-14-34-31-24(21)10-11-26-29(31)28-27(35-26)13-15-33-30(28)22-17-20-8-6-7-9-23(20)25(18-22)32(3,4)5;1-5-10(6-2)12(14)9-13(15)11(7-3)8-4;/h6-9,12-15,18-19H,10-11,16H2,1-5H3;9-11,14H,5-8H2,1-4H3;/q-1;;/b;12-9-;. The smallest absolute Gasteiger partial charge is 0.162 e. The summed E-state index contributed by atoms with van der Waals surface area (Å²) < 4.78 is 6.42. The molecule has 5 aromatic rings. The molecule has 1 aliphatic carbocycles. The summed E-state index contributed by atoms with van der Waals surface area (Å²) in [6.45, 7) is 19.4. The Morgan fingerprint density at radius 1 is 0.922 bits per heavy atom. The van der Waals surface area contributed by atoms with Crippen LogP contribution in [-0.2, 0) is 49.6 Å². The van der Waals surface area contributed by atoms with E-state index in [9.17, 15) is 9.90 Å². The van der Waals surface area contributed by atoms with Gasteiger partial charge in [0.2, 0.25) is 0 Å². The zero-order valence-corrected chi connectivity index (χ0v) is 34.3. The predicted octanol–water partition coefficient (Wildman–Crippen LogP) is 12.0. The molecule has 0 unspecified atom stereocenters. The molecule has 3 aromatic heterocycles. The molecule has 6 rings (SSSR count). The molecule has 0 fully saturated rings. The molecule has 273 valence electrons. The Bertz CT molecular complexity index is 1990. The maximum absolute atomic E-state index is 11.7. The van der Waals surface area contributed by atoms with Crippen LogP contribution < -0.4 is 0 Å². The van der Waals surface area contributed by atoms with E-state index in [0.29, 0.717) is 5.92 Å². The Balaban J connectivity index is 0.000000312. The first-order valence-electron chi connectivity index (χ1n) is 18.7. The second kappa shape index (κ2) is 17.3. The van der Waals surface area contributed by atoms with Crippen molar-refractivity contribution in [2.45, 2.75) is 113 Å². The number of benzene rings is 2. The van der Waals surface area contributed by atoms with Crippen molar-refractivity contribution in [2.24, 2.45) is 17.8 Å². The number of pyridine rings is 2. The van der Waals surface area contributed by atoms with Crippen LogP contribution in [0.5, 0.6) is 0 Å². The average Bonchev–Trinajstić information content (AvgIpc) is 3.48. The summed E-state index contributed by atoms with van der Waals surface area (Å²) in [6.07, 6.45) is 11.6. The number of aliphatic hydroxyl groups is 1. The van der Waals surface area contributed by atoms with E-state index in [4.69, 9.17) is 14.4 Å². The fourth-order valence-electron chi connectivity index (χ4n) is 7.38. The molecule has 6 heteroatoms. The summed E-state index contributed by atoms with van der Waals surface area (Å²) in [4.78, 5) is 21.5. The molecular formula is C45H55IrN2O3-. The molecule has 0 spiro atoms. The number of hydrogen-bond donors (Lipinski definition) is 1. The Kier molecular flexibility index (Phi) is 13.6. The van der Waals surface area contributed by atoms with Crippen molar-refractivity contribution in [1.29, 1.82) is 0 Å². The molecule has 51 heavy (non-hydrogen) atoms. The molecule has 0 saturated carbocycles. The number of carbonyl (C=O) groups excluding carboxylic acids is 1. The third kappa shape index (κ3) is 8.72. The molecule has 3 heterocycles. The van der Waals surface area contributed by atoms with Gasteiger partial charge < -0.3 is 9.52 Å². The largest absolute Gasteiger partial charge is 0.512 e. The van der Waals surface area contributed by atoms with Crippen molar-refractivity contribution in [1.82, 2.24) is 9.97 Å². The molecule has 0 aliphatic heterocycles. The van der Waals surface area contributed by atoms with Gasteiger partial charge in [0.1, 0.15) is 11.3 Å². The Hall–Kier alpha value is -3.60. The van der Waals surface area contributed by atoms with Crippen LogP contribution >= 0.6 is 0 Å². The molecule has 5 nitrogen and oxygen atoms in total. The second-order valence-electron chi connectivity index (χ2n) is 15.2. The van der Waals surface area contributed by atoms with Gasteiger partial charge in [0.15, 0.2) is 5.78 Å². The number of ketones is 1. The third-order valence-corrected chi connectivity index (χ3v) is 10.2. The van der Waals surface area contributed by atoms with E-state index in [2.05, 4.69) is 77.1 Å². The van der Waals surface area contributed by atoms with Gasteiger partial charge in [-0.15, -0.1) is 29.1 Å². The van der Waals surface area contributed by atoms with E-state index in [1.807, 2.05) is 46.2 Å². The number of nitrogens with zero attached hydrogens (tertiary/aromatic N) is 2. The Morgan fingerprint density at radius 3 is 2.22 bits per heavy atom. The first-order chi connectivity index (χ1) is 23.9. The maximum Gasteiger partial charge on any atom is 0.162 e. The first-order valence-corrected chi connectivity index (χ1v) is 18.7. The SMILES string of the molecule is CC(C)Cc1ccnc2c1CCc1oc3ccnc(-c4[c-]c5ccccc5c(C(C)(C)C)c4)c3c1-2.CCC(CC)C(=O)/C=C(\O)C(CC)CC.[Ir]. The van der Waals surface area contributed by atoms with Crippen LogP contribution in [0.25, 0.3) is 44.3 Å². The second-order valence-corrected chi connectivity index (χ2v) is 15.2. The van der Waals surface area contributed by atoms with Gasteiger partial charge in [0.05, 0.1) is 11.5 Å². The van der Waals surface area contributed by atoms with Gasteiger partial charge >= 0.3 is 0 Å². The van der Waals surface area contributed by atoms with Crippen molar-refractivity contribution < 1.29 is 34.4 Å². The number of allylic oxidation sites excluding steroid dienone is 2. The van der Waals surface area contributed by atoms with Crippen molar-refractivity contribution in [3.8, 4) is 22.5 Å². The van der Waals surface area contributed by atoms with Gasteiger partial charge in [0, 0.05) is 73.5 Å². The summed E-state index contributed by atoms with van der Waals surface area (Å²) in [5, 5.41) is 13.2. The van der Waals surface area contributed by atoms with Gasteiger partial charge in [-0.2, -0.15) is 0 Å². The van der Waals surface area contributed by atoms with Gasteiger partial charge in [-0.3, -0.25) is 14.8 Å². The minimum absolute atomic E-state index is 0. The van der Waals surface area contributed by atoms with E-state index in [0.717, 1.165) is 89.6 Å². The van der Waals surface area contributed by atoms with E-state index in [-0.39, 0.29) is 48.9 Å². The van der Waals surface area contributed by atoms with Crippen LogP contribution in [0.15, 0.2) is 71.1 Å². The fourth-order valence-corrected chi connectivity index (χ4v) is 7.38. The number of aromatic nitrogens is 2. The number of aliphatic hydroxyl groups excluding tert-OH is 1. The van der Waals surface area contributed by atoms with Gasteiger partial charge in [-0.05, 0) is 73.1 Å². The summed E-state index contributed by atoms with van der Waals surface area (Å²) in [6, 6.07) is 18.7. The molecule has 1 radical (unpaired) electrons. The van der Waals surface area contributed by atoms with E-state index in [1.54, 1.807) is 0 Å². The summed E-state index contributed by atoms with van der Waals surface area (Å²) in [7, 11) is 0. The van der Waals surface area contributed by atoms with E-state index in [1.165, 1.54) is 28.2 Å². The van der Waals surface area contributed by atoms with Crippen molar-refractivity contribution in [2.75, 3.05) is 0 Å². The number of hydrogen-bond acceptors (Lipinski definition) is 5. The zero-order valence-electron chi connectivity index (χ0n) is 31.9. The molecule has 0 atom stereocenters. The third-order valence-electron chi connectivity index (χ3n) is 10.2. The molecule has 2 aromatic carbocycles. The number of carbonyl (C=O) groups is 1. The van der Waals surface area contributed by atoms with Crippen molar-refractivity contribution in [3.05, 3.63) is 95.2 Å². The maximum atomic E-state index is 11.7. The molecule has 1 aliphatic rings. The van der Waals surface area contributed by atoms with Crippen LogP contribution in [0.3, 0.4) is 0 Å². The number of aryl methyl sites for hydroxylation is 1. The quantitative estimate of drug-likeness (QED) is 0.0860. The van der Waals surface area contributed by atoms with Gasteiger partial charge in [-0.1, -0.05) is 91.5 Å². The zero-order chi connectivity index (χ0) is 36.2. The molecule has 0 saturated heterocycles. The minimum atomic E-state index is -0.00687. The van der Waals surface area contributed by atoms with Crippen LogP contribution in [0.2, 0.25) is 0 Å². The van der Waals surface area contributed by atoms with Gasteiger partial charge in [0.25, 0.3) is 0 Å². The summed E-state index contributed by atoms with van der Waals surface area (Å²) in [5.41, 5.74) is 9.06. The van der Waals surface area contributed by atoms with Crippen LogP contribution in [0.1, 0.15) is 110 Å². The first kappa shape index (κ1) is 40.2. The molecule has 0 bridgehead atoms. The van der Waals surface area contributed by atoms with Crippen LogP contribution in [0.4, 0.5) is 0 Å². The summed E-state index contributed by atoms with van der Waals surface area (Å²) >= 11 is 0. The Morgan fingerprint density at radius 2 is 1.57 bits per heavy atom. The topological polar surface area (TPSA) is 76.2 Å². The molecular weight excluding hydrogens is 809 g/mol. The number of fused-ring (bicyclic) bond motifs is 6. The number of furan rings is 1. The number of rotatable bonds is 10. The molecule has 0 amide bonds. The monoisotopic (exact) mass is 864 g/mol. The average molecular weight is 864 g/mol. The minimum Gasteiger partial charge on any atom is -0.512 e. The van der Waals surface area contributed by atoms with Crippen molar-refractivity contribution in [3.63, 3.8) is 0 Å². The Labute approximate surface area is 318 Å². The molecule has 1 N–H and O–H groups in total. The normalized spacial score (nSPS) is 12.9. The van der Waals surface area contributed by atoms with E-state index >= 15 is 0 Å². The predicted molar refractivity (Wildman–Crippen MR) is 208 cm³/mol. The van der Waals surface area contributed by atoms with Crippen LogP contribution in [-0.4, -0.2) is 20.9 Å². The van der Waals surface area contributed by atoms with Crippen molar-refractivity contribution >= 4 is 27.5 Å². The van der Waals surface area contributed by atoms with Crippen LogP contribution in [0, 0.1) is 23.8 Å².